The summed E-state index contributed by atoms with van der Waals surface area (Å²) in [4.78, 5) is 6.15. The van der Waals surface area contributed by atoms with E-state index >= 15 is 0 Å². The molecule has 1 aromatic heterocycles. The molecule has 0 aromatic carbocycles. The summed E-state index contributed by atoms with van der Waals surface area (Å²) in [6.07, 6.45) is 1.71. The molecular formula is C7H11Cl2N5O. The Kier molecular flexibility index (Phi) is 4.80. The zero-order valence-electron chi connectivity index (χ0n) is 7.89. The molecule has 0 bridgehead atoms. The van der Waals surface area contributed by atoms with Crippen LogP contribution in [0.5, 0.6) is 0 Å². The average molecular weight is 252 g/mol. The molecule has 84 valence electrons. The van der Waals surface area contributed by atoms with Crippen molar-refractivity contribution < 1.29 is 4.74 Å². The van der Waals surface area contributed by atoms with Crippen LogP contribution in [0.2, 0.25) is 5.15 Å². The molecule has 0 aliphatic carbocycles. The number of halogens is 2. The van der Waals surface area contributed by atoms with Gasteiger partial charge in [0.2, 0.25) is 5.82 Å². The normalized spacial score (nSPS) is 16.7. The first-order valence-corrected chi connectivity index (χ1v) is 4.66. The Labute approximate surface area is 98.1 Å². The van der Waals surface area contributed by atoms with Gasteiger partial charge in [-0.25, -0.2) is 4.99 Å². The molecule has 2 heterocycles. The Hall–Kier alpha value is -0.850. The van der Waals surface area contributed by atoms with Crippen LogP contribution < -0.4 is 0 Å². The predicted molar refractivity (Wildman–Crippen MR) is 59.2 cm³/mol. The van der Waals surface area contributed by atoms with Crippen LogP contribution in [0.3, 0.4) is 0 Å². The minimum atomic E-state index is 0. The summed E-state index contributed by atoms with van der Waals surface area (Å²) in [5.74, 6) is 0.415. The summed E-state index contributed by atoms with van der Waals surface area (Å²) in [6.45, 7) is 3.16. The van der Waals surface area contributed by atoms with Gasteiger partial charge in [-0.1, -0.05) is 11.6 Å². The zero-order chi connectivity index (χ0) is 9.80. The third-order valence-electron chi connectivity index (χ3n) is 1.88. The Morgan fingerprint density at radius 3 is 2.73 bits per heavy atom. The van der Waals surface area contributed by atoms with Gasteiger partial charge in [0.15, 0.2) is 5.15 Å². The molecule has 6 nitrogen and oxygen atoms in total. The van der Waals surface area contributed by atoms with E-state index in [1.807, 2.05) is 0 Å². The van der Waals surface area contributed by atoms with Gasteiger partial charge in [-0.2, -0.15) is 5.21 Å². The molecule has 1 aliphatic heterocycles. The lowest BCUT2D eigenvalue weighted by atomic mass is 10.5. The lowest BCUT2D eigenvalue weighted by molar-refractivity contribution is 0.0701. The molecule has 1 aliphatic rings. The van der Waals surface area contributed by atoms with Gasteiger partial charge in [0, 0.05) is 13.1 Å². The molecule has 1 fully saturated rings. The molecule has 0 atom stereocenters. The largest absolute Gasteiger partial charge is 0.378 e. The van der Waals surface area contributed by atoms with Crippen molar-refractivity contribution in [1.82, 2.24) is 20.3 Å². The van der Waals surface area contributed by atoms with E-state index < -0.39 is 0 Å². The summed E-state index contributed by atoms with van der Waals surface area (Å²) in [6, 6.07) is 0. The van der Waals surface area contributed by atoms with Crippen LogP contribution in [0.25, 0.3) is 0 Å². The van der Waals surface area contributed by atoms with E-state index in [0.717, 1.165) is 26.3 Å². The smallest absolute Gasteiger partial charge is 0.214 e. The maximum absolute atomic E-state index is 5.70. The lowest BCUT2D eigenvalue weighted by Gasteiger charge is -2.23. The number of nitrogens with one attached hydrogen (secondary N) is 1. The predicted octanol–water partition coefficient (Wildman–Crippen LogP) is 0.872. The van der Waals surface area contributed by atoms with E-state index in [9.17, 15) is 0 Å². The van der Waals surface area contributed by atoms with Crippen molar-refractivity contribution in [1.29, 1.82) is 0 Å². The first-order chi connectivity index (χ1) is 6.86. The zero-order valence-corrected chi connectivity index (χ0v) is 9.46. The number of ether oxygens (including phenoxy) is 1. The van der Waals surface area contributed by atoms with Gasteiger partial charge >= 0.3 is 0 Å². The van der Waals surface area contributed by atoms with Gasteiger partial charge in [0.1, 0.15) is 0 Å². The molecule has 0 saturated carbocycles. The fraction of sp³-hybridized carbons (Fsp3) is 0.571. The Balaban J connectivity index is 0.00000112. The highest BCUT2D eigenvalue weighted by molar-refractivity contribution is 6.31. The van der Waals surface area contributed by atoms with Gasteiger partial charge in [-0.3, -0.25) is 0 Å². The molecule has 2 rings (SSSR count). The van der Waals surface area contributed by atoms with Crippen molar-refractivity contribution >= 4 is 36.2 Å². The van der Waals surface area contributed by atoms with Crippen LogP contribution in [0.1, 0.15) is 0 Å². The van der Waals surface area contributed by atoms with Crippen molar-refractivity contribution in [2.75, 3.05) is 26.3 Å². The Bertz CT molecular complexity index is 323. The number of rotatable bonds is 2. The van der Waals surface area contributed by atoms with Crippen LogP contribution in [-0.4, -0.2) is 53.0 Å². The van der Waals surface area contributed by atoms with E-state index in [4.69, 9.17) is 16.3 Å². The highest BCUT2D eigenvalue weighted by Gasteiger charge is 2.07. The number of aromatic amines is 1. The van der Waals surface area contributed by atoms with Crippen molar-refractivity contribution in [3.63, 3.8) is 0 Å². The second-order valence-corrected chi connectivity index (χ2v) is 3.19. The number of H-pyrrole nitrogens is 1. The van der Waals surface area contributed by atoms with Gasteiger partial charge in [0.25, 0.3) is 0 Å². The fourth-order valence-electron chi connectivity index (χ4n) is 1.12. The molecular weight excluding hydrogens is 241 g/mol. The summed E-state index contributed by atoms with van der Waals surface area (Å²) in [5, 5.41) is 10.1. The summed E-state index contributed by atoms with van der Waals surface area (Å²) in [5.41, 5.74) is 0. The summed E-state index contributed by atoms with van der Waals surface area (Å²) < 4.78 is 5.20. The molecule has 0 radical (unpaired) electrons. The van der Waals surface area contributed by atoms with Gasteiger partial charge < -0.3 is 9.64 Å². The quantitative estimate of drug-likeness (QED) is 0.626. The van der Waals surface area contributed by atoms with E-state index in [1.54, 1.807) is 6.34 Å². The van der Waals surface area contributed by atoms with Crippen LogP contribution in [-0.2, 0) is 4.74 Å². The van der Waals surface area contributed by atoms with E-state index in [1.165, 1.54) is 0 Å². The van der Waals surface area contributed by atoms with Gasteiger partial charge in [-0.05, 0) is 0 Å². The van der Waals surface area contributed by atoms with Gasteiger partial charge in [0.05, 0.1) is 19.6 Å². The minimum Gasteiger partial charge on any atom is -0.378 e. The number of aromatic nitrogens is 3. The van der Waals surface area contributed by atoms with Crippen molar-refractivity contribution in [3.05, 3.63) is 5.15 Å². The molecule has 1 N–H and O–H groups in total. The molecule has 15 heavy (non-hydrogen) atoms. The monoisotopic (exact) mass is 251 g/mol. The number of hydrogen-bond acceptors (Lipinski definition) is 4. The van der Waals surface area contributed by atoms with E-state index in [-0.39, 0.29) is 17.6 Å². The van der Waals surface area contributed by atoms with Crippen LogP contribution in [0.4, 0.5) is 5.82 Å². The minimum absolute atomic E-state index is 0. The molecule has 1 aromatic rings. The maximum Gasteiger partial charge on any atom is 0.214 e. The van der Waals surface area contributed by atoms with Crippen LogP contribution in [0.15, 0.2) is 4.99 Å². The molecule has 8 heteroatoms. The number of hydrogen-bond donors (Lipinski definition) is 1. The average Bonchev–Trinajstić information content (AvgIpc) is 2.63. The molecule has 1 saturated heterocycles. The number of nitrogens with zero attached hydrogens (tertiary/aromatic N) is 4. The van der Waals surface area contributed by atoms with Crippen molar-refractivity contribution in [3.8, 4) is 0 Å². The maximum atomic E-state index is 5.70. The highest BCUT2D eigenvalue weighted by atomic mass is 35.5. The van der Waals surface area contributed by atoms with E-state index in [2.05, 4.69) is 25.3 Å². The van der Waals surface area contributed by atoms with Crippen molar-refractivity contribution in [2.24, 2.45) is 4.99 Å². The van der Waals surface area contributed by atoms with Crippen LogP contribution >= 0.6 is 24.0 Å². The second kappa shape index (κ2) is 5.89. The summed E-state index contributed by atoms with van der Waals surface area (Å²) >= 11 is 5.70. The molecule has 0 spiro atoms. The first kappa shape index (κ1) is 12.2. The molecule has 0 unspecified atom stereocenters. The Morgan fingerprint density at radius 1 is 1.40 bits per heavy atom. The highest BCUT2D eigenvalue weighted by Crippen LogP contribution is 2.16. The topological polar surface area (TPSA) is 66.4 Å². The fourth-order valence-corrected chi connectivity index (χ4v) is 1.25. The third kappa shape index (κ3) is 3.33. The lowest BCUT2D eigenvalue weighted by Crippen LogP contribution is -2.35. The summed E-state index contributed by atoms with van der Waals surface area (Å²) in [7, 11) is 0. The van der Waals surface area contributed by atoms with Crippen molar-refractivity contribution in [2.45, 2.75) is 0 Å². The SMILES string of the molecule is Cl.Clc1n[nH]nc1N=CN1CCOCC1. The van der Waals surface area contributed by atoms with Gasteiger partial charge in [-0.15, -0.1) is 22.6 Å². The number of aliphatic imine (C=N–C) groups is 1. The third-order valence-corrected chi connectivity index (χ3v) is 2.13. The Morgan fingerprint density at radius 2 is 2.13 bits per heavy atom. The first-order valence-electron chi connectivity index (χ1n) is 4.28. The second-order valence-electron chi connectivity index (χ2n) is 2.83. The van der Waals surface area contributed by atoms with Crippen LogP contribution in [0, 0.1) is 0 Å². The number of morpholine rings is 1. The molecule has 0 amide bonds. The van der Waals surface area contributed by atoms with E-state index in [0.29, 0.717) is 5.82 Å². The standard InChI is InChI=1S/C7H10ClN5O.ClH/c8-6-7(11-12-10-6)9-5-13-1-3-14-4-2-13;/h5H,1-4H2,(H,10,11,12);1H.